The molecular weight excluding hydrogens is 430 g/mol. The number of benzene rings is 1. The zero-order valence-electron chi connectivity index (χ0n) is 18.2. The number of hydrogen-bond acceptors (Lipinski definition) is 6. The Morgan fingerprint density at radius 2 is 1.97 bits per heavy atom. The lowest BCUT2D eigenvalue weighted by Gasteiger charge is -2.22. The van der Waals surface area contributed by atoms with Crippen LogP contribution >= 0.6 is 0 Å². The molecule has 4 rings (SSSR count). The number of phenolic OH excluding ortho intramolecular Hbond substituents is 1. The Kier molecular flexibility index (Phi) is 6.98. The SMILES string of the molecule is CNC1CCCC(F)[C@@H](Oc2ccc(-c3ccc(-c4ccn(CF)c(=O)c4)cc3O)nn2)C1. The standard InChI is InChI=1S/C24H26F2N4O3/c1-27-17-3-2-4-19(26)22(13-17)33-23-8-7-20(28-29-23)18-6-5-15(11-21(18)31)16-9-10-30(14-25)24(32)12-16/h5-12,17,19,22,27,31H,2-4,13-14H2,1H3/t17?,19?,22-/m0/s1. The molecule has 2 N–H and O–H groups in total. The Morgan fingerprint density at radius 1 is 1.15 bits per heavy atom. The van der Waals surface area contributed by atoms with Crippen LogP contribution in [-0.2, 0) is 6.80 Å². The van der Waals surface area contributed by atoms with Gasteiger partial charge in [-0.1, -0.05) is 6.07 Å². The van der Waals surface area contributed by atoms with E-state index in [1.165, 1.54) is 18.3 Å². The van der Waals surface area contributed by atoms with Crippen molar-refractivity contribution in [2.24, 2.45) is 0 Å². The molecule has 174 valence electrons. The normalized spacial score (nSPS) is 20.9. The second kappa shape index (κ2) is 10.1. The van der Waals surface area contributed by atoms with E-state index < -0.39 is 24.6 Å². The summed E-state index contributed by atoms with van der Waals surface area (Å²) in [6.45, 7) is -0.898. The number of nitrogens with zero attached hydrogens (tertiary/aromatic N) is 3. The lowest BCUT2D eigenvalue weighted by Crippen LogP contribution is -2.35. The molecular formula is C24H26F2N4O3. The number of ether oxygens (including phenoxy) is 1. The molecule has 3 atom stereocenters. The molecule has 0 radical (unpaired) electrons. The highest BCUT2D eigenvalue weighted by Gasteiger charge is 2.29. The minimum absolute atomic E-state index is 0.0467. The van der Waals surface area contributed by atoms with Gasteiger partial charge in [-0.2, -0.15) is 0 Å². The van der Waals surface area contributed by atoms with Gasteiger partial charge in [0.15, 0.2) is 6.80 Å². The van der Waals surface area contributed by atoms with Crippen molar-refractivity contribution < 1.29 is 18.6 Å². The maximum atomic E-state index is 14.5. The maximum absolute atomic E-state index is 14.5. The number of aromatic nitrogens is 3. The monoisotopic (exact) mass is 456 g/mol. The maximum Gasteiger partial charge on any atom is 0.253 e. The van der Waals surface area contributed by atoms with E-state index in [0.717, 1.165) is 17.4 Å². The zero-order chi connectivity index (χ0) is 23.4. The molecule has 0 saturated heterocycles. The molecule has 1 aliphatic rings. The van der Waals surface area contributed by atoms with Crippen molar-refractivity contribution in [3.05, 3.63) is 59.0 Å². The van der Waals surface area contributed by atoms with Gasteiger partial charge in [-0.25, -0.2) is 8.78 Å². The molecule has 1 aromatic carbocycles. The van der Waals surface area contributed by atoms with Crippen LogP contribution < -0.4 is 15.6 Å². The van der Waals surface area contributed by atoms with Crippen LogP contribution in [0.3, 0.4) is 0 Å². The van der Waals surface area contributed by atoms with Crippen LogP contribution in [-0.4, -0.2) is 45.2 Å². The van der Waals surface area contributed by atoms with Gasteiger partial charge in [-0.05, 0) is 61.7 Å². The minimum Gasteiger partial charge on any atom is -0.507 e. The third-order valence-corrected chi connectivity index (χ3v) is 6.01. The van der Waals surface area contributed by atoms with E-state index >= 15 is 0 Å². The lowest BCUT2D eigenvalue weighted by molar-refractivity contribution is 0.0837. The first-order chi connectivity index (χ1) is 16.0. The quantitative estimate of drug-likeness (QED) is 0.548. The molecule has 9 heteroatoms. The van der Waals surface area contributed by atoms with Crippen LogP contribution in [0.5, 0.6) is 11.6 Å². The van der Waals surface area contributed by atoms with Crippen LogP contribution in [0.1, 0.15) is 25.7 Å². The van der Waals surface area contributed by atoms with E-state index in [4.69, 9.17) is 4.74 Å². The molecule has 0 bridgehead atoms. The first kappa shape index (κ1) is 22.8. The zero-order valence-corrected chi connectivity index (χ0v) is 18.2. The van der Waals surface area contributed by atoms with Crippen molar-refractivity contribution in [3.63, 3.8) is 0 Å². The number of hydrogen-bond donors (Lipinski definition) is 2. The van der Waals surface area contributed by atoms with Crippen LogP contribution in [0, 0.1) is 0 Å². The summed E-state index contributed by atoms with van der Waals surface area (Å²) in [5.74, 6) is 0.183. The molecule has 0 aliphatic heterocycles. The fourth-order valence-corrected chi connectivity index (χ4v) is 4.07. The van der Waals surface area contributed by atoms with Crippen LogP contribution in [0.2, 0.25) is 0 Å². The summed E-state index contributed by atoms with van der Waals surface area (Å²) in [4.78, 5) is 11.9. The molecule has 0 spiro atoms. The van der Waals surface area contributed by atoms with Gasteiger partial charge >= 0.3 is 0 Å². The fraction of sp³-hybridized carbons (Fsp3) is 0.375. The summed E-state index contributed by atoms with van der Waals surface area (Å²) in [6, 6.07) is 11.3. The van der Waals surface area contributed by atoms with Crippen LogP contribution in [0.15, 0.2) is 53.5 Å². The highest BCUT2D eigenvalue weighted by Crippen LogP contribution is 2.32. The number of alkyl halides is 2. The highest BCUT2D eigenvalue weighted by atomic mass is 19.1. The number of aromatic hydroxyl groups is 1. The van der Waals surface area contributed by atoms with Crippen molar-refractivity contribution in [2.45, 2.75) is 50.8 Å². The summed E-state index contributed by atoms with van der Waals surface area (Å²) in [7, 11) is 1.87. The van der Waals surface area contributed by atoms with Crippen molar-refractivity contribution >= 4 is 0 Å². The summed E-state index contributed by atoms with van der Waals surface area (Å²) in [5, 5.41) is 21.9. The minimum atomic E-state index is -1.06. The van der Waals surface area contributed by atoms with Gasteiger partial charge in [-0.3, -0.25) is 9.36 Å². The number of rotatable bonds is 6. The molecule has 2 heterocycles. The first-order valence-corrected chi connectivity index (χ1v) is 10.9. The predicted octanol–water partition coefficient (Wildman–Crippen LogP) is 3.85. The van der Waals surface area contributed by atoms with Gasteiger partial charge in [0, 0.05) is 36.4 Å². The Morgan fingerprint density at radius 3 is 2.64 bits per heavy atom. The summed E-state index contributed by atoms with van der Waals surface area (Å²) in [6.07, 6.45) is 2.44. The van der Waals surface area contributed by atoms with Gasteiger partial charge < -0.3 is 15.2 Å². The van der Waals surface area contributed by atoms with Crippen molar-refractivity contribution in [1.29, 1.82) is 0 Å². The van der Waals surface area contributed by atoms with E-state index in [-0.39, 0.29) is 17.7 Å². The lowest BCUT2D eigenvalue weighted by atomic mass is 10.0. The Hall–Kier alpha value is -3.33. The first-order valence-electron chi connectivity index (χ1n) is 10.9. The fourth-order valence-electron chi connectivity index (χ4n) is 4.07. The van der Waals surface area contributed by atoms with Gasteiger partial charge in [0.25, 0.3) is 5.56 Å². The molecule has 1 aliphatic carbocycles. The Bertz CT molecular complexity index is 1150. The van der Waals surface area contributed by atoms with Gasteiger partial charge in [0.05, 0.1) is 5.69 Å². The largest absolute Gasteiger partial charge is 0.507 e. The number of pyridine rings is 1. The van der Waals surface area contributed by atoms with Crippen molar-refractivity contribution in [2.75, 3.05) is 7.05 Å². The smallest absolute Gasteiger partial charge is 0.253 e. The van der Waals surface area contributed by atoms with Gasteiger partial charge in [-0.15, -0.1) is 10.2 Å². The molecule has 1 fully saturated rings. The molecule has 0 amide bonds. The number of phenols is 1. The van der Waals surface area contributed by atoms with Crippen LogP contribution in [0.25, 0.3) is 22.4 Å². The van der Waals surface area contributed by atoms with Crippen molar-refractivity contribution in [1.82, 2.24) is 20.1 Å². The summed E-state index contributed by atoms with van der Waals surface area (Å²) < 4.78 is 33.9. The average molecular weight is 456 g/mol. The van der Waals surface area contributed by atoms with Gasteiger partial charge in [0.1, 0.15) is 18.0 Å². The summed E-state index contributed by atoms with van der Waals surface area (Å²) in [5.41, 5.74) is 1.57. The molecule has 3 aromatic rings. The third kappa shape index (κ3) is 5.19. The van der Waals surface area contributed by atoms with E-state index in [0.29, 0.717) is 35.2 Å². The molecule has 2 aromatic heterocycles. The topological polar surface area (TPSA) is 89.3 Å². The third-order valence-electron chi connectivity index (χ3n) is 6.01. The Labute approximate surface area is 190 Å². The van der Waals surface area contributed by atoms with Gasteiger partial charge in [0.2, 0.25) is 5.88 Å². The second-order valence-corrected chi connectivity index (χ2v) is 8.16. The molecule has 7 nitrogen and oxygen atoms in total. The average Bonchev–Trinajstić information content (AvgIpc) is 3.00. The number of nitrogens with one attached hydrogen (secondary N) is 1. The molecule has 1 saturated carbocycles. The summed E-state index contributed by atoms with van der Waals surface area (Å²) >= 11 is 0. The molecule has 33 heavy (non-hydrogen) atoms. The van der Waals surface area contributed by atoms with E-state index in [1.807, 2.05) is 7.05 Å². The second-order valence-electron chi connectivity index (χ2n) is 8.16. The van der Waals surface area contributed by atoms with E-state index in [9.17, 15) is 18.7 Å². The van der Waals surface area contributed by atoms with E-state index in [1.54, 1.807) is 30.3 Å². The molecule has 2 unspecified atom stereocenters. The Balaban J connectivity index is 1.50. The van der Waals surface area contributed by atoms with Crippen LogP contribution in [0.4, 0.5) is 8.78 Å². The van der Waals surface area contributed by atoms with Crippen molar-refractivity contribution in [3.8, 4) is 34.0 Å². The highest BCUT2D eigenvalue weighted by molar-refractivity contribution is 5.74. The number of halogens is 2. The predicted molar refractivity (Wildman–Crippen MR) is 121 cm³/mol. The van der Waals surface area contributed by atoms with E-state index in [2.05, 4.69) is 15.5 Å².